The molecule has 0 aromatic heterocycles. The van der Waals surface area contributed by atoms with Crippen LogP contribution in [0.25, 0.3) is 0 Å². The summed E-state index contributed by atoms with van der Waals surface area (Å²) in [5, 5.41) is 18.4. The van der Waals surface area contributed by atoms with E-state index in [0.29, 0.717) is 6.61 Å². The minimum atomic E-state index is -4.52. The van der Waals surface area contributed by atoms with Gasteiger partial charge in [-0.1, -0.05) is 198 Å². The van der Waals surface area contributed by atoms with Gasteiger partial charge < -0.3 is 24.6 Å². The van der Waals surface area contributed by atoms with Crippen molar-refractivity contribution in [2.45, 2.75) is 251 Å². The van der Waals surface area contributed by atoms with Crippen molar-refractivity contribution in [3.05, 3.63) is 36.5 Å². The molecule has 0 aromatic rings. The van der Waals surface area contributed by atoms with Crippen LogP contribution in [0.3, 0.4) is 0 Å². The fraction of sp³-hybridized carbons (Fsp3) is 0.863. The highest BCUT2D eigenvalue weighted by atomic mass is 31.2. The van der Waals surface area contributed by atoms with Gasteiger partial charge in [0.25, 0.3) is 0 Å². The molecule has 0 spiro atoms. The van der Waals surface area contributed by atoms with Crippen LogP contribution >= 0.6 is 7.82 Å². The number of hydrogen-bond acceptors (Lipinski definition) is 8. The molecule has 0 heterocycles. The number of allylic oxidation sites excluding steroid dienone is 6. The molecule has 10 heteroatoms. The van der Waals surface area contributed by atoms with Crippen LogP contribution in [0.15, 0.2) is 36.5 Å². The molecule has 0 rings (SSSR count). The van der Waals surface area contributed by atoms with E-state index in [9.17, 15) is 19.4 Å². The summed E-state index contributed by atoms with van der Waals surface area (Å²) in [6.45, 7) is 3.53. The number of esters is 1. The lowest BCUT2D eigenvalue weighted by molar-refractivity contribution is -0.154. The molecule has 9 nitrogen and oxygen atoms in total. The minimum Gasteiger partial charge on any atom is -0.457 e. The van der Waals surface area contributed by atoms with E-state index in [4.69, 9.17) is 23.6 Å². The van der Waals surface area contributed by atoms with Gasteiger partial charge in [0.1, 0.15) is 12.2 Å². The maximum absolute atomic E-state index is 12.7. The first-order valence-electron chi connectivity index (χ1n) is 25.5. The topological polar surface area (TPSA) is 132 Å². The average molecular weight is 885 g/mol. The number of rotatable bonds is 49. The van der Waals surface area contributed by atoms with E-state index in [0.717, 1.165) is 51.4 Å². The number of hydrogen-bond donors (Lipinski definition) is 3. The van der Waals surface area contributed by atoms with E-state index in [1.54, 1.807) is 0 Å². The Morgan fingerprint density at radius 3 is 1.33 bits per heavy atom. The van der Waals surface area contributed by atoms with E-state index in [-0.39, 0.29) is 25.6 Å². The second-order valence-corrected chi connectivity index (χ2v) is 18.6. The summed E-state index contributed by atoms with van der Waals surface area (Å²) in [4.78, 5) is 22.7. The Hall–Kier alpha value is -1.32. The summed E-state index contributed by atoms with van der Waals surface area (Å²) >= 11 is 0. The van der Waals surface area contributed by atoms with Gasteiger partial charge in [0.05, 0.1) is 26.4 Å². The standard InChI is InChI=1S/C51H97O9P/c1-3-5-7-9-11-13-15-17-19-21-22-23-24-25-26-27-29-31-33-35-37-39-41-43-51(54)60-50(48-59-61(55,56)58-46-49(53)45-52)47-57-44-42-40-38-36-34-32-30-28-20-18-16-14-12-10-8-6-4-2/h15,17,20-22,28,49-50,52-53H,3-14,16,18-19,23-27,29-48H2,1-2H3,(H,55,56)/b17-15-,22-21-,28-20-. The summed E-state index contributed by atoms with van der Waals surface area (Å²) in [6.07, 6.45) is 53.9. The lowest BCUT2D eigenvalue weighted by Gasteiger charge is -2.20. The van der Waals surface area contributed by atoms with Crippen LogP contribution in [0, 0.1) is 0 Å². The van der Waals surface area contributed by atoms with Gasteiger partial charge in [-0.3, -0.25) is 13.8 Å². The minimum absolute atomic E-state index is 0.0461. The number of aliphatic hydroxyl groups is 2. The third-order valence-corrected chi connectivity index (χ3v) is 12.0. The normalized spacial score (nSPS) is 14.1. The Kier molecular flexibility index (Phi) is 47.1. The van der Waals surface area contributed by atoms with E-state index < -0.39 is 33.2 Å². The van der Waals surface area contributed by atoms with E-state index in [1.165, 1.54) is 167 Å². The number of carbonyl (C=O) groups excluding carboxylic acids is 1. The average Bonchev–Trinajstić information content (AvgIpc) is 3.25. The number of unbranched alkanes of at least 4 members (excludes halogenated alkanes) is 29. The zero-order valence-corrected chi connectivity index (χ0v) is 40.5. The van der Waals surface area contributed by atoms with Crippen LogP contribution in [0.1, 0.15) is 239 Å². The molecule has 0 aromatic carbocycles. The van der Waals surface area contributed by atoms with E-state index in [2.05, 4.69) is 50.3 Å². The fourth-order valence-corrected chi connectivity index (χ4v) is 7.94. The molecule has 0 aliphatic heterocycles. The summed E-state index contributed by atoms with van der Waals surface area (Å²) in [5.41, 5.74) is 0. The summed E-state index contributed by atoms with van der Waals surface area (Å²) in [7, 11) is -4.52. The monoisotopic (exact) mass is 885 g/mol. The maximum Gasteiger partial charge on any atom is 0.472 e. The lowest BCUT2D eigenvalue weighted by Crippen LogP contribution is -2.29. The van der Waals surface area contributed by atoms with Crippen molar-refractivity contribution in [2.24, 2.45) is 0 Å². The van der Waals surface area contributed by atoms with Gasteiger partial charge in [-0.05, 0) is 70.6 Å². The Balaban J connectivity index is 4.07. The molecule has 0 aliphatic carbocycles. The van der Waals surface area contributed by atoms with Gasteiger partial charge in [-0.25, -0.2) is 4.57 Å². The maximum atomic E-state index is 12.7. The Bertz CT molecular complexity index is 1050. The fourth-order valence-electron chi connectivity index (χ4n) is 7.15. The molecule has 0 bridgehead atoms. The first-order valence-corrected chi connectivity index (χ1v) is 27.0. The molecule has 0 saturated heterocycles. The van der Waals surface area contributed by atoms with E-state index in [1.807, 2.05) is 0 Å². The second-order valence-electron chi connectivity index (χ2n) is 17.2. The summed E-state index contributed by atoms with van der Waals surface area (Å²) in [5.74, 6) is -0.384. The van der Waals surface area contributed by atoms with Crippen LogP contribution in [0.5, 0.6) is 0 Å². The molecule has 3 N–H and O–H groups in total. The highest BCUT2D eigenvalue weighted by Gasteiger charge is 2.26. The molecule has 3 atom stereocenters. The first-order chi connectivity index (χ1) is 29.8. The molecule has 0 saturated carbocycles. The Labute approximate surface area is 375 Å². The van der Waals surface area contributed by atoms with Crippen LogP contribution < -0.4 is 0 Å². The van der Waals surface area contributed by atoms with Crippen molar-refractivity contribution < 1.29 is 43.0 Å². The van der Waals surface area contributed by atoms with Gasteiger partial charge in [-0.15, -0.1) is 0 Å². The van der Waals surface area contributed by atoms with Gasteiger partial charge >= 0.3 is 13.8 Å². The zero-order valence-electron chi connectivity index (χ0n) is 39.6. The van der Waals surface area contributed by atoms with Crippen molar-refractivity contribution in [2.75, 3.05) is 33.0 Å². The molecule has 3 unspecified atom stereocenters. The molecule has 0 aliphatic rings. The zero-order chi connectivity index (χ0) is 44.6. The Morgan fingerprint density at radius 2 is 0.885 bits per heavy atom. The van der Waals surface area contributed by atoms with Crippen LogP contribution in [0.2, 0.25) is 0 Å². The highest BCUT2D eigenvalue weighted by molar-refractivity contribution is 7.47. The Morgan fingerprint density at radius 1 is 0.508 bits per heavy atom. The van der Waals surface area contributed by atoms with Gasteiger partial charge in [0.2, 0.25) is 0 Å². The van der Waals surface area contributed by atoms with Crippen molar-refractivity contribution in [1.29, 1.82) is 0 Å². The first kappa shape index (κ1) is 59.7. The molecule has 360 valence electrons. The molecule has 61 heavy (non-hydrogen) atoms. The highest BCUT2D eigenvalue weighted by Crippen LogP contribution is 2.43. The molecule has 0 radical (unpaired) electrons. The predicted molar refractivity (Wildman–Crippen MR) is 256 cm³/mol. The van der Waals surface area contributed by atoms with Gasteiger partial charge in [0.15, 0.2) is 0 Å². The van der Waals surface area contributed by atoms with Gasteiger partial charge in [-0.2, -0.15) is 0 Å². The third kappa shape index (κ3) is 48.0. The van der Waals surface area contributed by atoms with Crippen molar-refractivity contribution in [1.82, 2.24) is 0 Å². The van der Waals surface area contributed by atoms with Crippen LogP contribution in [-0.4, -0.2) is 66.3 Å². The third-order valence-electron chi connectivity index (χ3n) is 11.0. The summed E-state index contributed by atoms with van der Waals surface area (Å²) in [6, 6.07) is 0. The molecular weight excluding hydrogens is 788 g/mol. The smallest absolute Gasteiger partial charge is 0.457 e. The quantitative estimate of drug-likeness (QED) is 0.0236. The lowest BCUT2D eigenvalue weighted by atomic mass is 10.0. The molecular formula is C51H97O9P. The molecule has 0 fully saturated rings. The number of aliphatic hydroxyl groups excluding tert-OH is 2. The number of phosphoric ester groups is 1. The van der Waals surface area contributed by atoms with E-state index >= 15 is 0 Å². The molecule has 0 amide bonds. The van der Waals surface area contributed by atoms with Crippen LogP contribution in [0.4, 0.5) is 0 Å². The van der Waals surface area contributed by atoms with Crippen molar-refractivity contribution in [3.8, 4) is 0 Å². The number of phosphoric acid groups is 1. The van der Waals surface area contributed by atoms with Crippen molar-refractivity contribution >= 4 is 13.8 Å². The largest absolute Gasteiger partial charge is 0.472 e. The number of carbonyl (C=O) groups is 1. The van der Waals surface area contributed by atoms with Gasteiger partial charge in [0, 0.05) is 13.0 Å². The summed E-state index contributed by atoms with van der Waals surface area (Å²) < 4.78 is 33.5. The van der Waals surface area contributed by atoms with Crippen LogP contribution in [-0.2, 0) is 27.9 Å². The predicted octanol–water partition coefficient (Wildman–Crippen LogP) is 14.8. The number of ether oxygens (including phenoxy) is 2. The second kappa shape index (κ2) is 48.1. The van der Waals surface area contributed by atoms with Crippen molar-refractivity contribution in [3.63, 3.8) is 0 Å². The SMILES string of the molecule is CCCCCCC/C=C\C/C=C\CCCCCCCCCCCCCC(=O)OC(COCCCCCCCC/C=C\CCCCCCCCC)COP(=O)(O)OCC(O)CO.